The molecule has 5 heteroatoms. The average molecular weight is 281 g/mol. The van der Waals surface area contributed by atoms with Gasteiger partial charge in [-0.1, -0.05) is 0 Å². The molecule has 0 amide bonds. The lowest BCUT2D eigenvalue weighted by atomic mass is 10.1. The molecule has 1 aromatic carbocycles. The smallest absolute Gasteiger partial charge is 0.161 e. The van der Waals surface area contributed by atoms with Gasteiger partial charge in [0.15, 0.2) is 5.82 Å². The first-order chi connectivity index (χ1) is 5.46. The van der Waals surface area contributed by atoms with E-state index in [9.17, 15) is 4.39 Å². The van der Waals surface area contributed by atoms with E-state index in [4.69, 9.17) is 17.2 Å². The first-order valence-electron chi connectivity index (χ1n) is 3.24. The first-order valence-corrected chi connectivity index (χ1v) is 4.32. The summed E-state index contributed by atoms with van der Waals surface area (Å²) in [5.41, 5.74) is 17.7. The second-order valence-electron chi connectivity index (χ2n) is 2.49. The van der Waals surface area contributed by atoms with Crippen molar-refractivity contribution in [1.82, 2.24) is 0 Å². The normalized spacial score (nSPS) is 10.2. The monoisotopic (exact) mass is 281 g/mol. The van der Waals surface area contributed by atoms with Gasteiger partial charge in [0.25, 0.3) is 0 Å². The Morgan fingerprint density at radius 2 is 1.58 bits per heavy atom. The van der Waals surface area contributed by atoms with Crippen LogP contribution in [0.5, 0.6) is 0 Å². The summed E-state index contributed by atoms with van der Waals surface area (Å²) in [5.74, 6) is -0.486. The molecule has 3 nitrogen and oxygen atoms in total. The molecule has 0 spiro atoms. The zero-order valence-electron chi connectivity index (χ0n) is 6.49. The molecule has 0 radical (unpaired) electrons. The zero-order valence-corrected chi connectivity index (χ0v) is 8.65. The summed E-state index contributed by atoms with van der Waals surface area (Å²) in [6, 6.07) is 0. The maximum absolute atomic E-state index is 13.2. The molecule has 1 rings (SSSR count). The second-order valence-corrected chi connectivity index (χ2v) is 3.57. The Bertz CT molecular complexity index is 233. The van der Waals surface area contributed by atoms with E-state index in [1.165, 1.54) is 0 Å². The number of hydrogen-bond donors (Lipinski definition) is 3. The summed E-state index contributed by atoms with van der Waals surface area (Å²) < 4.78 is 13.4. The number of anilines is 3. The molecule has 0 saturated carbocycles. The number of nitrogen functional groups attached to an aromatic ring is 3. The van der Waals surface area contributed by atoms with Gasteiger partial charge < -0.3 is 17.2 Å². The number of hydrogen-bond acceptors (Lipinski definition) is 3. The van der Waals surface area contributed by atoms with Gasteiger partial charge in [-0.3, -0.25) is 0 Å². The summed E-state index contributed by atoms with van der Waals surface area (Å²) in [6.07, 6.45) is 0. The molecule has 0 aliphatic heterocycles. The minimum Gasteiger partial charge on any atom is -0.397 e. The van der Waals surface area contributed by atoms with Crippen LogP contribution >= 0.6 is 22.6 Å². The van der Waals surface area contributed by atoms with Crippen LogP contribution in [0.15, 0.2) is 0 Å². The fraction of sp³-hybridized carbons (Fsp3) is 0.143. The zero-order chi connectivity index (χ0) is 9.46. The van der Waals surface area contributed by atoms with E-state index in [1.54, 1.807) is 29.5 Å². The van der Waals surface area contributed by atoms with Crippen LogP contribution in [0.2, 0.25) is 0 Å². The first kappa shape index (κ1) is 9.37. The van der Waals surface area contributed by atoms with Gasteiger partial charge in [-0.2, -0.15) is 0 Å². The van der Waals surface area contributed by atoms with Crippen molar-refractivity contribution < 1.29 is 4.39 Å². The van der Waals surface area contributed by atoms with Crippen molar-refractivity contribution in [3.63, 3.8) is 0 Å². The molecule has 0 unspecified atom stereocenters. The Morgan fingerprint density at radius 1 is 1.08 bits per heavy atom. The van der Waals surface area contributed by atoms with Crippen LogP contribution in [0.25, 0.3) is 0 Å². The molecule has 0 saturated heterocycles. The highest BCUT2D eigenvalue weighted by Gasteiger charge is 2.14. The van der Waals surface area contributed by atoms with E-state index < -0.39 is 5.82 Å². The van der Waals surface area contributed by atoms with E-state index in [0.29, 0.717) is 11.3 Å². The molecule has 0 aliphatic rings. The van der Waals surface area contributed by atoms with E-state index in [1.807, 2.05) is 0 Å². The van der Waals surface area contributed by atoms with Crippen LogP contribution in [0.4, 0.5) is 21.5 Å². The number of halogens is 2. The van der Waals surface area contributed by atoms with Crippen LogP contribution < -0.4 is 17.2 Å². The fourth-order valence-electron chi connectivity index (χ4n) is 0.866. The van der Waals surface area contributed by atoms with Crippen LogP contribution in [0.1, 0.15) is 5.56 Å². The SMILES string of the molecule is Cc1c(N)c(N)c(I)c(F)c1N. The van der Waals surface area contributed by atoms with E-state index in [2.05, 4.69) is 0 Å². The van der Waals surface area contributed by atoms with Gasteiger partial charge in [-0.25, -0.2) is 4.39 Å². The lowest BCUT2D eigenvalue weighted by Gasteiger charge is -2.10. The summed E-state index contributed by atoms with van der Waals surface area (Å²) in [7, 11) is 0. The van der Waals surface area contributed by atoms with Gasteiger partial charge in [-0.15, -0.1) is 0 Å². The van der Waals surface area contributed by atoms with Gasteiger partial charge in [0.05, 0.1) is 20.6 Å². The standard InChI is InChI=1S/C7H9FIN3/c1-2-5(10)3(8)4(9)7(12)6(2)11/h10-12H2,1H3. The Balaban J connectivity index is 3.60. The average Bonchev–Trinajstić information content (AvgIpc) is 2.08. The summed E-state index contributed by atoms with van der Waals surface area (Å²) in [5, 5.41) is 0. The molecule has 0 bridgehead atoms. The molecule has 6 N–H and O–H groups in total. The number of rotatable bonds is 0. The molecular formula is C7H9FIN3. The van der Waals surface area contributed by atoms with E-state index >= 15 is 0 Å². The van der Waals surface area contributed by atoms with E-state index in [-0.39, 0.29) is 14.9 Å². The van der Waals surface area contributed by atoms with Gasteiger partial charge in [-0.05, 0) is 29.5 Å². The molecule has 1 aromatic rings. The quantitative estimate of drug-likeness (QED) is 0.498. The Hall–Kier alpha value is -0.720. The molecule has 0 aliphatic carbocycles. The molecule has 0 aromatic heterocycles. The van der Waals surface area contributed by atoms with Crippen LogP contribution in [-0.4, -0.2) is 0 Å². The van der Waals surface area contributed by atoms with Gasteiger partial charge in [0, 0.05) is 5.56 Å². The highest BCUT2D eigenvalue weighted by molar-refractivity contribution is 14.1. The third kappa shape index (κ3) is 1.17. The number of nitrogens with two attached hydrogens (primary N) is 3. The topological polar surface area (TPSA) is 78.1 Å². The largest absolute Gasteiger partial charge is 0.397 e. The van der Waals surface area contributed by atoms with Crippen LogP contribution in [0, 0.1) is 16.3 Å². The molecule has 0 heterocycles. The van der Waals surface area contributed by atoms with Crippen molar-refractivity contribution >= 4 is 39.7 Å². The maximum Gasteiger partial charge on any atom is 0.161 e. The third-order valence-electron chi connectivity index (χ3n) is 1.76. The van der Waals surface area contributed by atoms with Crippen LogP contribution in [0.3, 0.4) is 0 Å². The van der Waals surface area contributed by atoms with Gasteiger partial charge >= 0.3 is 0 Å². The van der Waals surface area contributed by atoms with Crippen molar-refractivity contribution in [2.24, 2.45) is 0 Å². The summed E-state index contributed by atoms with van der Waals surface area (Å²) >= 11 is 1.78. The van der Waals surface area contributed by atoms with Crippen molar-refractivity contribution in [1.29, 1.82) is 0 Å². The maximum atomic E-state index is 13.2. The molecule has 12 heavy (non-hydrogen) atoms. The highest BCUT2D eigenvalue weighted by Crippen LogP contribution is 2.33. The highest BCUT2D eigenvalue weighted by atomic mass is 127. The minimum absolute atomic E-state index is 0.0751. The lowest BCUT2D eigenvalue weighted by Crippen LogP contribution is -2.06. The Labute approximate surface area is 83.2 Å². The Kier molecular flexibility index (Phi) is 2.31. The number of benzene rings is 1. The van der Waals surface area contributed by atoms with Gasteiger partial charge in [0.2, 0.25) is 0 Å². The lowest BCUT2D eigenvalue weighted by molar-refractivity contribution is 0.625. The Morgan fingerprint density at radius 3 is 2.08 bits per heavy atom. The van der Waals surface area contributed by atoms with Gasteiger partial charge in [0.1, 0.15) is 0 Å². The minimum atomic E-state index is -0.486. The summed E-state index contributed by atoms with van der Waals surface area (Å²) in [4.78, 5) is 0. The molecule has 0 atom stereocenters. The van der Waals surface area contributed by atoms with Crippen molar-refractivity contribution in [3.05, 3.63) is 15.0 Å². The molecular weight excluding hydrogens is 272 g/mol. The van der Waals surface area contributed by atoms with Crippen LogP contribution in [-0.2, 0) is 0 Å². The van der Waals surface area contributed by atoms with Crippen molar-refractivity contribution in [3.8, 4) is 0 Å². The van der Waals surface area contributed by atoms with E-state index in [0.717, 1.165) is 0 Å². The predicted octanol–water partition coefficient (Wildman–Crippen LogP) is 1.49. The molecule has 66 valence electrons. The van der Waals surface area contributed by atoms with Crippen molar-refractivity contribution in [2.75, 3.05) is 17.2 Å². The third-order valence-corrected chi connectivity index (χ3v) is 2.82. The predicted molar refractivity (Wildman–Crippen MR) is 57.1 cm³/mol. The summed E-state index contributed by atoms with van der Waals surface area (Å²) in [6.45, 7) is 1.64. The van der Waals surface area contributed by atoms with Crippen molar-refractivity contribution in [2.45, 2.75) is 6.92 Å². The second kappa shape index (κ2) is 2.96. The molecule has 0 fully saturated rings. The fourth-order valence-corrected chi connectivity index (χ4v) is 1.45.